The number of hydrogen-bond donors (Lipinski definition) is 2. The van der Waals surface area contributed by atoms with Crippen molar-refractivity contribution in [2.75, 3.05) is 0 Å². The summed E-state index contributed by atoms with van der Waals surface area (Å²) in [7, 11) is 0. The van der Waals surface area contributed by atoms with Crippen LogP contribution < -0.4 is 10.6 Å². The van der Waals surface area contributed by atoms with Gasteiger partial charge >= 0.3 is 0 Å². The van der Waals surface area contributed by atoms with Crippen LogP contribution in [0.1, 0.15) is 49.2 Å². The zero-order valence-electron chi connectivity index (χ0n) is 15.3. The molecule has 0 aromatic heterocycles. The van der Waals surface area contributed by atoms with Gasteiger partial charge in [-0.2, -0.15) is 0 Å². The summed E-state index contributed by atoms with van der Waals surface area (Å²) in [6.07, 6.45) is 0.328. The van der Waals surface area contributed by atoms with Gasteiger partial charge in [0.05, 0.1) is 12.0 Å². The zero-order chi connectivity index (χ0) is 18.4. The van der Waals surface area contributed by atoms with Crippen molar-refractivity contribution in [1.82, 2.24) is 10.6 Å². The molecule has 132 valence electrons. The van der Waals surface area contributed by atoms with Crippen molar-refractivity contribution in [2.24, 2.45) is 0 Å². The van der Waals surface area contributed by atoms with E-state index in [2.05, 4.69) is 10.6 Å². The van der Waals surface area contributed by atoms with E-state index in [1.807, 2.05) is 70.2 Å². The Morgan fingerprint density at radius 2 is 1.68 bits per heavy atom. The van der Waals surface area contributed by atoms with Crippen LogP contribution in [0.5, 0.6) is 0 Å². The molecule has 25 heavy (non-hydrogen) atoms. The van der Waals surface area contributed by atoms with Gasteiger partial charge in [0.2, 0.25) is 5.91 Å². The van der Waals surface area contributed by atoms with E-state index in [-0.39, 0.29) is 17.9 Å². The monoisotopic (exact) mass is 338 g/mol. The Labute approximate surface area is 149 Å². The van der Waals surface area contributed by atoms with Gasteiger partial charge in [-0.05, 0) is 51.0 Å². The molecule has 0 radical (unpaired) electrons. The van der Waals surface area contributed by atoms with Gasteiger partial charge in [0.15, 0.2) is 0 Å². The quantitative estimate of drug-likeness (QED) is 0.848. The van der Waals surface area contributed by atoms with E-state index in [1.165, 1.54) is 0 Å². The number of nitrogens with one attached hydrogen (secondary N) is 2. The molecule has 2 aromatic rings. The van der Waals surface area contributed by atoms with Gasteiger partial charge in [0.1, 0.15) is 0 Å². The highest BCUT2D eigenvalue weighted by molar-refractivity contribution is 5.94. The summed E-state index contributed by atoms with van der Waals surface area (Å²) < 4.78 is 0. The Morgan fingerprint density at radius 3 is 2.32 bits per heavy atom. The zero-order valence-corrected chi connectivity index (χ0v) is 15.3. The van der Waals surface area contributed by atoms with Crippen LogP contribution in [0.4, 0.5) is 0 Å². The summed E-state index contributed by atoms with van der Waals surface area (Å²) in [4.78, 5) is 24.4. The van der Waals surface area contributed by atoms with Gasteiger partial charge in [-0.25, -0.2) is 0 Å². The van der Waals surface area contributed by atoms with Crippen molar-refractivity contribution in [3.05, 3.63) is 71.3 Å². The Balaban J connectivity index is 2.12. The third-order valence-corrected chi connectivity index (χ3v) is 3.93. The minimum Gasteiger partial charge on any atom is -0.354 e. The maximum Gasteiger partial charge on any atom is 0.251 e. The number of amides is 2. The third kappa shape index (κ3) is 5.45. The highest BCUT2D eigenvalue weighted by Crippen LogP contribution is 2.22. The Morgan fingerprint density at radius 1 is 1.00 bits per heavy atom. The summed E-state index contributed by atoms with van der Waals surface area (Å²) >= 11 is 0. The number of rotatable bonds is 6. The first-order valence-electron chi connectivity index (χ1n) is 8.54. The van der Waals surface area contributed by atoms with Crippen LogP contribution in [0.3, 0.4) is 0 Å². The summed E-state index contributed by atoms with van der Waals surface area (Å²) in [5, 5.41) is 5.96. The molecule has 0 spiro atoms. The van der Waals surface area contributed by atoms with E-state index in [1.54, 1.807) is 12.1 Å². The molecule has 0 aliphatic heterocycles. The molecule has 0 aliphatic rings. The predicted octanol–water partition coefficient (Wildman–Crippen LogP) is 3.42. The van der Waals surface area contributed by atoms with Crippen LogP contribution in [0, 0.1) is 0 Å². The molecule has 2 aromatic carbocycles. The van der Waals surface area contributed by atoms with Gasteiger partial charge in [-0.3, -0.25) is 9.59 Å². The maximum atomic E-state index is 12.4. The van der Waals surface area contributed by atoms with Gasteiger partial charge in [0.25, 0.3) is 5.91 Å². The predicted molar refractivity (Wildman–Crippen MR) is 100 cm³/mol. The van der Waals surface area contributed by atoms with E-state index in [9.17, 15) is 9.59 Å². The number of hydrogen-bond acceptors (Lipinski definition) is 2. The van der Waals surface area contributed by atoms with E-state index in [0.717, 1.165) is 11.1 Å². The first-order chi connectivity index (χ1) is 11.8. The highest BCUT2D eigenvalue weighted by Gasteiger charge is 2.23. The fourth-order valence-corrected chi connectivity index (χ4v) is 2.65. The van der Waals surface area contributed by atoms with Crippen LogP contribution in [-0.4, -0.2) is 17.9 Å². The van der Waals surface area contributed by atoms with Gasteiger partial charge in [-0.15, -0.1) is 0 Å². The Kier molecular flexibility index (Phi) is 5.97. The summed E-state index contributed by atoms with van der Waals surface area (Å²) in [5.74, 6) is -0.119. The molecule has 2 rings (SSSR count). The molecule has 0 atom stereocenters. The van der Waals surface area contributed by atoms with Crippen LogP contribution in [-0.2, 0) is 16.8 Å². The smallest absolute Gasteiger partial charge is 0.251 e. The molecular formula is C21H26N2O2. The molecule has 0 unspecified atom stereocenters. The molecule has 0 bridgehead atoms. The van der Waals surface area contributed by atoms with Crippen LogP contribution in [0.25, 0.3) is 0 Å². The number of carbonyl (C=O) groups is 2. The lowest BCUT2D eigenvalue weighted by Gasteiger charge is -2.27. The molecule has 2 N–H and O–H groups in total. The molecule has 2 amide bonds. The van der Waals surface area contributed by atoms with Crippen molar-refractivity contribution in [3.8, 4) is 0 Å². The average molecular weight is 338 g/mol. The summed E-state index contributed by atoms with van der Waals surface area (Å²) in [5.41, 5.74) is 1.98. The number of benzene rings is 2. The summed E-state index contributed by atoms with van der Waals surface area (Å²) in [6.45, 7) is 7.80. The highest BCUT2D eigenvalue weighted by atomic mass is 16.2. The Hall–Kier alpha value is -2.62. The minimum absolute atomic E-state index is 0.00160. The molecular weight excluding hydrogens is 312 g/mol. The van der Waals surface area contributed by atoms with E-state index >= 15 is 0 Å². The SMILES string of the molecule is CC(C)NC(=O)Cc1cccc(C(C)(C)NC(=O)c2ccccc2)c1. The van der Waals surface area contributed by atoms with Gasteiger partial charge in [-0.1, -0.05) is 42.5 Å². The fourth-order valence-electron chi connectivity index (χ4n) is 2.65. The molecule has 0 aliphatic carbocycles. The second-order valence-electron chi connectivity index (χ2n) is 7.04. The van der Waals surface area contributed by atoms with Crippen LogP contribution >= 0.6 is 0 Å². The molecule has 4 heteroatoms. The van der Waals surface area contributed by atoms with Crippen LogP contribution in [0.15, 0.2) is 54.6 Å². The lowest BCUT2D eigenvalue weighted by molar-refractivity contribution is -0.120. The first kappa shape index (κ1) is 18.7. The van der Waals surface area contributed by atoms with Crippen molar-refractivity contribution >= 4 is 11.8 Å². The average Bonchev–Trinajstić information content (AvgIpc) is 2.54. The number of carbonyl (C=O) groups excluding carboxylic acids is 2. The second kappa shape index (κ2) is 7.97. The Bertz CT molecular complexity index is 737. The minimum atomic E-state index is -0.544. The summed E-state index contributed by atoms with van der Waals surface area (Å²) in [6, 6.07) is 17.1. The molecule has 0 saturated heterocycles. The topological polar surface area (TPSA) is 58.2 Å². The lowest BCUT2D eigenvalue weighted by atomic mass is 9.91. The fraction of sp³-hybridized carbons (Fsp3) is 0.333. The first-order valence-corrected chi connectivity index (χ1v) is 8.54. The van der Waals surface area contributed by atoms with Crippen molar-refractivity contribution in [1.29, 1.82) is 0 Å². The van der Waals surface area contributed by atoms with Crippen molar-refractivity contribution in [2.45, 2.75) is 45.7 Å². The maximum absolute atomic E-state index is 12.4. The van der Waals surface area contributed by atoms with Gasteiger partial charge in [0, 0.05) is 11.6 Å². The van der Waals surface area contributed by atoms with Crippen molar-refractivity contribution < 1.29 is 9.59 Å². The molecule has 0 fully saturated rings. The third-order valence-electron chi connectivity index (χ3n) is 3.93. The van der Waals surface area contributed by atoms with E-state index in [4.69, 9.17) is 0 Å². The van der Waals surface area contributed by atoms with Gasteiger partial charge < -0.3 is 10.6 Å². The van der Waals surface area contributed by atoms with Crippen molar-refractivity contribution in [3.63, 3.8) is 0 Å². The standard InChI is InChI=1S/C21H26N2O2/c1-15(2)22-19(24)14-16-9-8-12-18(13-16)21(3,4)23-20(25)17-10-6-5-7-11-17/h5-13,15H,14H2,1-4H3,(H,22,24)(H,23,25). The largest absolute Gasteiger partial charge is 0.354 e. The van der Waals surface area contributed by atoms with E-state index < -0.39 is 5.54 Å². The molecule has 0 saturated carbocycles. The lowest BCUT2D eigenvalue weighted by Crippen LogP contribution is -2.41. The van der Waals surface area contributed by atoms with E-state index in [0.29, 0.717) is 12.0 Å². The normalized spacial score (nSPS) is 11.2. The molecule has 4 nitrogen and oxygen atoms in total. The molecule has 0 heterocycles. The van der Waals surface area contributed by atoms with Crippen LogP contribution in [0.2, 0.25) is 0 Å². The second-order valence-corrected chi connectivity index (χ2v) is 7.04.